The number of β-amino-alcohol motifs (C(OH)–C–C–N with tert-alkyl or cyclic N) is 1. The van der Waals surface area contributed by atoms with E-state index in [2.05, 4.69) is 4.74 Å². The number of aliphatic hydroxyl groups is 2. The van der Waals surface area contributed by atoms with Crippen molar-refractivity contribution in [3.05, 3.63) is 35.4 Å². The summed E-state index contributed by atoms with van der Waals surface area (Å²) in [5, 5.41) is 28.8. The molecule has 1 fully saturated rings. The van der Waals surface area contributed by atoms with Crippen LogP contribution < -0.4 is 0 Å². The number of hydrogen-bond acceptors (Lipinski definition) is 5. The Labute approximate surface area is 127 Å². The number of ether oxygens (including phenoxy) is 1. The van der Waals surface area contributed by atoms with Gasteiger partial charge in [0.1, 0.15) is 0 Å². The van der Waals surface area contributed by atoms with E-state index in [0.717, 1.165) is 10.5 Å². The molecule has 0 spiro atoms. The minimum atomic E-state index is -1.11. The lowest BCUT2D eigenvalue weighted by Gasteiger charge is -2.40. The zero-order valence-electron chi connectivity index (χ0n) is 12.2. The lowest BCUT2D eigenvalue weighted by atomic mass is 9.79. The second-order valence-electron chi connectivity index (χ2n) is 5.34. The Balaban J connectivity index is 2.22. The van der Waals surface area contributed by atoms with E-state index in [0.29, 0.717) is 5.56 Å². The zero-order valence-corrected chi connectivity index (χ0v) is 12.2. The first-order chi connectivity index (χ1) is 10.5. The third-order valence-corrected chi connectivity index (χ3v) is 4.01. The summed E-state index contributed by atoms with van der Waals surface area (Å²) in [4.78, 5) is 23.6. The van der Waals surface area contributed by atoms with Crippen molar-refractivity contribution in [1.82, 2.24) is 4.90 Å². The van der Waals surface area contributed by atoms with Crippen molar-refractivity contribution >= 4 is 12.1 Å². The second kappa shape index (κ2) is 6.76. The van der Waals surface area contributed by atoms with Crippen LogP contribution in [0, 0.1) is 5.92 Å². The van der Waals surface area contributed by atoms with Crippen molar-refractivity contribution in [1.29, 1.82) is 0 Å². The van der Waals surface area contributed by atoms with E-state index in [1.54, 1.807) is 24.3 Å². The number of aliphatic hydroxyl groups excluding tert-OH is 2. The molecular weight excluding hydrogens is 290 g/mol. The summed E-state index contributed by atoms with van der Waals surface area (Å²) in [7, 11) is 1.30. The molecule has 0 aromatic heterocycles. The van der Waals surface area contributed by atoms with Crippen LogP contribution in [0.2, 0.25) is 0 Å². The predicted octanol–water partition coefficient (Wildman–Crippen LogP) is 0.520. The number of benzene rings is 1. The third kappa shape index (κ3) is 3.20. The molecule has 7 nitrogen and oxygen atoms in total. The molecule has 2 rings (SSSR count). The van der Waals surface area contributed by atoms with Crippen molar-refractivity contribution in [3.8, 4) is 0 Å². The van der Waals surface area contributed by atoms with Crippen LogP contribution in [-0.4, -0.2) is 65.2 Å². The van der Waals surface area contributed by atoms with Gasteiger partial charge in [0.05, 0.1) is 25.3 Å². The molecule has 0 saturated carbocycles. The SMILES string of the molecule is COC(=O)c1ccc([C@H]2[C@H](CO)CN(C(=O)O)C[C@@H]2O)cc1. The van der Waals surface area contributed by atoms with Crippen LogP contribution in [0.4, 0.5) is 4.79 Å². The van der Waals surface area contributed by atoms with Gasteiger partial charge >= 0.3 is 12.1 Å². The van der Waals surface area contributed by atoms with E-state index in [4.69, 9.17) is 5.11 Å². The third-order valence-electron chi connectivity index (χ3n) is 4.01. The standard InChI is InChI=1S/C15H19NO6/c1-22-14(19)10-4-2-9(3-5-10)13-11(8-17)6-16(15(20)21)7-12(13)18/h2-5,11-13,17-18H,6-8H2,1H3,(H,20,21)/t11-,12-,13-/m0/s1. The molecule has 1 aromatic carbocycles. The number of nitrogens with zero attached hydrogens (tertiary/aromatic N) is 1. The van der Waals surface area contributed by atoms with Crippen LogP contribution in [0.15, 0.2) is 24.3 Å². The van der Waals surface area contributed by atoms with E-state index in [1.807, 2.05) is 0 Å². The molecule has 1 amide bonds. The van der Waals surface area contributed by atoms with Gasteiger partial charge in [0.15, 0.2) is 0 Å². The molecule has 3 N–H and O–H groups in total. The first-order valence-electron chi connectivity index (χ1n) is 6.93. The van der Waals surface area contributed by atoms with Crippen LogP contribution in [0.3, 0.4) is 0 Å². The number of hydrogen-bond donors (Lipinski definition) is 3. The van der Waals surface area contributed by atoms with Gasteiger partial charge in [0.2, 0.25) is 0 Å². The second-order valence-corrected chi connectivity index (χ2v) is 5.34. The van der Waals surface area contributed by atoms with Gasteiger partial charge in [-0.3, -0.25) is 0 Å². The summed E-state index contributed by atoms with van der Waals surface area (Å²) < 4.78 is 4.63. The fraction of sp³-hybridized carbons (Fsp3) is 0.467. The Morgan fingerprint density at radius 3 is 2.41 bits per heavy atom. The maximum atomic E-state index is 11.4. The number of piperidine rings is 1. The Bertz CT molecular complexity index is 543. The average molecular weight is 309 g/mol. The van der Waals surface area contributed by atoms with Crippen molar-refractivity contribution in [3.63, 3.8) is 0 Å². The molecule has 3 atom stereocenters. The highest BCUT2D eigenvalue weighted by atomic mass is 16.5. The molecule has 0 radical (unpaired) electrons. The molecule has 0 bridgehead atoms. The number of amides is 1. The fourth-order valence-electron chi connectivity index (χ4n) is 2.91. The topological polar surface area (TPSA) is 107 Å². The molecule has 1 saturated heterocycles. The molecule has 22 heavy (non-hydrogen) atoms. The quantitative estimate of drug-likeness (QED) is 0.703. The number of rotatable bonds is 3. The minimum Gasteiger partial charge on any atom is -0.465 e. The lowest BCUT2D eigenvalue weighted by molar-refractivity contribution is 0.00500. The largest absolute Gasteiger partial charge is 0.465 e. The molecule has 0 aliphatic carbocycles. The van der Waals surface area contributed by atoms with Crippen LogP contribution in [0.5, 0.6) is 0 Å². The van der Waals surface area contributed by atoms with Gasteiger partial charge in [0.25, 0.3) is 0 Å². The predicted molar refractivity (Wildman–Crippen MR) is 76.7 cm³/mol. The van der Waals surface area contributed by atoms with Crippen LogP contribution in [0.1, 0.15) is 21.8 Å². The normalized spacial score (nSPS) is 24.9. The van der Waals surface area contributed by atoms with Crippen molar-refractivity contribution in [2.45, 2.75) is 12.0 Å². The van der Waals surface area contributed by atoms with Gasteiger partial charge < -0.3 is 25.0 Å². The molecule has 1 aliphatic rings. The summed E-state index contributed by atoms with van der Waals surface area (Å²) >= 11 is 0. The number of likely N-dealkylation sites (tertiary alicyclic amines) is 1. The molecular formula is C15H19NO6. The molecule has 1 aliphatic heterocycles. The van der Waals surface area contributed by atoms with Crippen molar-refractivity contribution in [2.75, 3.05) is 26.8 Å². The van der Waals surface area contributed by atoms with Gasteiger partial charge in [-0.2, -0.15) is 0 Å². The van der Waals surface area contributed by atoms with Crippen LogP contribution >= 0.6 is 0 Å². The monoisotopic (exact) mass is 309 g/mol. The molecule has 120 valence electrons. The van der Waals surface area contributed by atoms with E-state index in [9.17, 15) is 19.8 Å². The lowest BCUT2D eigenvalue weighted by Crippen LogP contribution is -2.51. The highest BCUT2D eigenvalue weighted by Crippen LogP contribution is 2.33. The van der Waals surface area contributed by atoms with E-state index in [-0.39, 0.29) is 25.6 Å². The minimum absolute atomic E-state index is 0.00471. The highest BCUT2D eigenvalue weighted by Gasteiger charge is 2.38. The maximum absolute atomic E-state index is 11.4. The maximum Gasteiger partial charge on any atom is 0.407 e. The first-order valence-corrected chi connectivity index (χ1v) is 6.93. The summed E-state index contributed by atoms with van der Waals surface area (Å²) in [6.07, 6.45) is -2.03. The van der Waals surface area contributed by atoms with E-state index < -0.39 is 24.1 Å². The number of esters is 1. The molecule has 1 aromatic rings. The Morgan fingerprint density at radius 2 is 1.91 bits per heavy atom. The van der Waals surface area contributed by atoms with Crippen molar-refractivity contribution in [2.24, 2.45) is 5.92 Å². The van der Waals surface area contributed by atoms with Crippen molar-refractivity contribution < 1.29 is 29.6 Å². The molecule has 0 unspecified atom stereocenters. The van der Waals surface area contributed by atoms with Gasteiger partial charge in [-0.05, 0) is 17.7 Å². The number of methoxy groups -OCH3 is 1. The summed E-state index contributed by atoms with van der Waals surface area (Å²) in [5.74, 6) is -1.23. The van der Waals surface area contributed by atoms with Crippen LogP contribution in [0.25, 0.3) is 0 Å². The Hall–Kier alpha value is -2.12. The van der Waals surface area contributed by atoms with E-state index in [1.165, 1.54) is 7.11 Å². The average Bonchev–Trinajstić information content (AvgIpc) is 2.53. The highest BCUT2D eigenvalue weighted by molar-refractivity contribution is 5.89. The van der Waals surface area contributed by atoms with E-state index >= 15 is 0 Å². The molecule has 1 heterocycles. The van der Waals surface area contributed by atoms with Gasteiger partial charge in [-0.1, -0.05) is 12.1 Å². The molecule has 7 heteroatoms. The summed E-state index contributed by atoms with van der Waals surface area (Å²) in [5.41, 5.74) is 1.15. The number of carbonyl (C=O) groups excluding carboxylic acids is 1. The Morgan fingerprint density at radius 1 is 1.27 bits per heavy atom. The fourth-order valence-corrected chi connectivity index (χ4v) is 2.91. The van der Waals surface area contributed by atoms with Gasteiger partial charge in [-0.25, -0.2) is 9.59 Å². The number of carboxylic acid groups (broad SMARTS) is 1. The van der Waals surface area contributed by atoms with Crippen LogP contribution in [-0.2, 0) is 4.74 Å². The summed E-state index contributed by atoms with van der Waals surface area (Å²) in [6, 6.07) is 6.57. The first kappa shape index (κ1) is 16.3. The zero-order chi connectivity index (χ0) is 16.3. The van der Waals surface area contributed by atoms with Gasteiger partial charge in [-0.15, -0.1) is 0 Å². The van der Waals surface area contributed by atoms with Gasteiger partial charge in [0, 0.05) is 25.0 Å². The summed E-state index contributed by atoms with van der Waals surface area (Å²) in [6.45, 7) is -0.0776. The number of carbonyl (C=O) groups is 2. The Kier molecular flexibility index (Phi) is 4.99. The smallest absolute Gasteiger partial charge is 0.407 e.